The van der Waals surface area contributed by atoms with E-state index in [1.165, 1.54) is 0 Å². The third-order valence-electron chi connectivity index (χ3n) is 4.96. The number of hydrogen-bond acceptors (Lipinski definition) is 3. The predicted octanol–water partition coefficient (Wildman–Crippen LogP) is 2.87. The van der Waals surface area contributed by atoms with Crippen LogP contribution in [0.1, 0.15) is 32.1 Å². The fraction of sp³-hybridized carbons (Fsp3) is 1.00. The molecule has 1 aliphatic carbocycles. The highest BCUT2D eigenvalue weighted by Gasteiger charge is 2.47. The van der Waals surface area contributed by atoms with E-state index in [-0.39, 0.29) is 18.4 Å². The fourth-order valence-electron chi connectivity index (χ4n) is 3.40. The van der Waals surface area contributed by atoms with Gasteiger partial charge in [0, 0.05) is 23.9 Å². The summed E-state index contributed by atoms with van der Waals surface area (Å²) in [5, 5.41) is 0. The molecule has 2 N–H and O–H groups in total. The van der Waals surface area contributed by atoms with E-state index in [0.29, 0.717) is 25.4 Å². The molecule has 1 saturated heterocycles. The number of rotatable bonds is 3. The summed E-state index contributed by atoms with van der Waals surface area (Å²) in [4.78, 5) is 2.29. The van der Waals surface area contributed by atoms with E-state index in [1.807, 2.05) is 11.8 Å². The van der Waals surface area contributed by atoms with Crippen LogP contribution in [-0.4, -0.2) is 47.8 Å². The van der Waals surface area contributed by atoms with Gasteiger partial charge >= 0.3 is 6.18 Å². The third kappa shape index (κ3) is 3.22. The van der Waals surface area contributed by atoms with Gasteiger partial charge in [0.05, 0.1) is 5.92 Å². The van der Waals surface area contributed by atoms with Gasteiger partial charge in [-0.3, -0.25) is 4.90 Å². The number of alkyl halides is 3. The van der Waals surface area contributed by atoms with Gasteiger partial charge in [-0.05, 0) is 44.9 Å². The van der Waals surface area contributed by atoms with Crippen molar-refractivity contribution in [3.63, 3.8) is 0 Å². The Morgan fingerprint density at radius 3 is 2.32 bits per heavy atom. The minimum Gasteiger partial charge on any atom is -0.329 e. The molecule has 19 heavy (non-hydrogen) atoms. The number of nitrogens with zero attached hydrogens (tertiary/aromatic N) is 1. The van der Waals surface area contributed by atoms with Gasteiger partial charge in [0.15, 0.2) is 0 Å². The number of nitrogens with two attached hydrogens (primary N) is 1. The standard InChI is InChI=1S/C13H23F3N2S/c1-18(11-4-7-19-8-11)12(9-17)5-2-10(3-6-12)13(14,15)16/h10-11H,2-9,17H2,1H3. The fourth-order valence-corrected chi connectivity index (χ4v) is 4.67. The number of likely N-dealkylation sites (N-methyl/N-ethyl adjacent to an activating group) is 1. The highest BCUT2D eigenvalue weighted by Crippen LogP contribution is 2.44. The van der Waals surface area contributed by atoms with Gasteiger partial charge in [-0.2, -0.15) is 24.9 Å². The van der Waals surface area contributed by atoms with Crippen molar-refractivity contribution in [2.45, 2.75) is 49.9 Å². The zero-order valence-electron chi connectivity index (χ0n) is 11.4. The van der Waals surface area contributed by atoms with E-state index < -0.39 is 12.1 Å². The molecule has 1 unspecified atom stereocenters. The molecular formula is C13H23F3N2S. The minimum absolute atomic E-state index is 0.211. The number of halogens is 3. The van der Waals surface area contributed by atoms with Crippen molar-refractivity contribution < 1.29 is 13.2 Å². The molecule has 2 fully saturated rings. The maximum absolute atomic E-state index is 12.8. The van der Waals surface area contributed by atoms with Gasteiger partial charge in [0.1, 0.15) is 0 Å². The van der Waals surface area contributed by atoms with E-state index in [4.69, 9.17) is 5.73 Å². The van der Waals surface area contributed by atoms with Gasteiger partial charge in [0.2, 0.25) is 0 Å². The lowest BCUT2D eigenvalue weighted by Gasteiger charge is -2.48. The first-order valence-electron chi connectivity index (χ1n) is 6.96. The summed E-state index contributed by atoms with van der Waals surface area (Å²) >= 11 is 1.93. The van der Waals surface area contributed by atoms with Crippen molar-refractivity contribution in [2.75, 3.05) is 25.1 Å². The van der Waals surface area contributed by atoms with Gasteiger partial charge < -0.3 is 5.73 Å². The van der Waals surface area contributed by atoms with Crippen LogP contribution in [0.25, 0.3) is 0 Å². The van der Waals surface area contributed by atoms with Crippen LogP contribution in [0.3, 0.4) is 0 Å². The third-order valence-corrected chi connectivity index (χ3v) is 6.11. The number of thioether (sulfide) groups is 1. The SMILES string of the molecule is CN(C1CCSC1)C1(CN)CCC(C(F)(F)F)CC1. The molecule has 1 aliphatic heterocycles. The second-order valence-corrected chi connectivity index (χ2v) is 7.02. The van der Waals surface area contributed by atoms with Crippen LogP contribution in [0.4, 0.5) is 13.2 Å². The Morgan fingerprint density at radius 2 is 1.89 bits per heavy atom. The van der Waals surface area contributed by atoms with Crippen LogP contribution < -0.4 is 5.73 Å². The van der Waals surface area contributed by atoms with Crippen LogP contribution in [0.2, 0.25) is 0 Å². The van der Waals surface area contributed by atoms with Crippen molar-refractivity contribution in [2.24, 2.45) is 11.7 Å². The van der Waals surface area contributed by atoms with Gasteiger partial charge in [0.25, 0.3) is 0 Å². The maximum Gasteiger partial charge on any atom is 0.391 e. The summed E-state index contributed by atoms with van der Waals surface area (Å²) in [7, 11) is 2.05. The Kier molecular flexibility index (Phi) is 4.73. The average molecular weight is 296 g/mol. The lowest BCUT2D eigenvalue weighted by atomic mass is 9.74. The minimum atomic E-state index is -4.04. The molecule has 2 aliphatic rings. The molecular weight excluding hydrogens is 273 g/mol. The van der Waals surface area contributed by atoms with E-state index >= 15 is 0 Å². The summed E-state index contributed by atoms with van der Waals surface area (Å²) < 4.78 is 38.3. The zero-order chi connectivity index (χ0) is 14.1. The lowest BCUT2D eigenvalue weighted by molar-refractivity contribution is -0.188. The molecule has 112 valence electrons. The zero-order valence-corrected chi connectivity index (χ0v) is 12.2. The molecule has 2 rings (SSSR count). The highest BCUT2D eigenvalue weighted by molar-refractivity contribution is 7.99. The van der Waals surface area contributed by atoms with E-state index in [1.54, 1.807) is 0 Å². The smallest absolute Gasteiger partial charge is 0.329 e. The number of hydrogen-bond donors (Lipinski definition) is 1. The molecule has 0 aromatic carbocycles. The lowest BCUT2D eigenvalue weighted by Crippen LogP contribution is -2.58. The van der Waals surface area contributed by atoms with E-state index in [9.17, 15) is 13.2 Å². The van der Waals surface area contributed by atoms with E-state index in [2.05, 4.69) is 11.9 Å². The van der Waals surface area contributed by atoms with Crippen molar-refractivity contribution in [3.8, 4) is 0 Å². The molecule has 6 heteroatoms. The predicted molar refractivity (Wildman–Crippen MR) is 73.3 cm³/mol. The summed E-state index contributed by atoms with van der Waals surface area (Å²) in [6.45, 7) is 0.468. The van der Waals surface area contributed by atoms with Gasteiger partial charge in [-0.25, -0.2) is 0 Å². The van der Waals surface area contributed by atoms with Gasteiger partial charge in [-0.15, -0.1) is 0 Å². The average Bonchev–Trinajstić information content (AvgIpc) is 2.90. The Bertz CT molecular complexity index is 295. The molecule has 1 heterocycles. The quantitative estimate of drug-likeness (QED) is 0.868. The largest absolute Gasteiger partial charge is 0.391 e. The monoisotopic (exact) mass is 296 g/mol. The first kappa shape index (κ1) is 15.4. The summed E-state index contributed by atoms with van der Waals surface area (Å²) in [5.41, 5.74) is 5.72. The Labute approximate surface area is 117 Å². The second kappa shape index (κ2) is 5.82. The molecule has 0 spiro atoms. The summed E-state index contributed by atoms with van der Waals surface area (Å²) in [5.74, 6) is 1.11. The van der Waals surface area contributed by atoms with Crippen LogP contribution in [0.15, 0.2) is 0 Å². The van der Waals surface area contributed by atoms with Crippen LogP contribution in [0, 0.1) is 5.92 Å². The van der Waals surface area contributed by atoms with Crippen molar-refractivity contribution >= 4 is 11.8 Å². The molecule has 0 radical (unpaired) electrons. The molecule has 1 atom stereocenters. The van der Waals surface area contributed by atoms with Crippen molar-refractivity contribution in [3.05, 3.63) is 0 Å². The van der Waals surface area contributed by atoms with Crippen LogP contribution in [0.5, 0.6) is 0 Å². The Hall–Kier alpha value is 0.0600. The molecule has 0 amide bonds. The Morgan fingerprint density at radius 1 is 1.26 bits per heavy atom. The molecule has 1 saturated carbocycles. The van der Waals surface area contributed by atoms with Gasteiger partial charge in [-0.1, -0.05) is 0 Å². The summed E-state index contributed by atoms with van der Waals surface area (Å²) in [6.07, 6.45) is -1.30. The molecule has 0 aromatic heterocycles. The topological polar surface area (TPSA) is 29.3 Å². The normalized spacial score (nSPS) is 36.9. The maximum atomic E-state index is 12.8. The second-order valence-electron chi connectivity index (χ2n) is 5.87. The van der Waals surface area contributed by atoms with E-state index in [0.717, 1.165) is 17.9 Å². The summed E-state index contributed by atoms with van der Waals surface area (Å²) in [6, 6.07) is 0.482. The molecule has 0 aromatic rings. The van der Waals surface area contributed by atoms with Crippen molar-refractivity contribution in [1.82, 2.24) is 4.90 Å². The molecule has 0 bridgehead atoms. The van der Waals surface area contributed by atoms with Crippen LogP contribution in [-0.2, 0) is 0 Å². The highest BCUT2D eigenvalue weighted by atomic mass is 32.2. The van der Waals surface area contributed by atoms with Crippen LogP contribution >= 0.6 is 11.8 Å². The van der Waals surface area contributed by atoms with Crippen molar-refractivity contribution in [1.29, 1.82) is 0 Å². The first-order chi connectivity index (χ1) is 8.89. The Balaban J connectivity index is 2.00. The molecule has 2 nitrogen and oxygen atoms in total. The first-order valence-corrected chi connectivity index (χ1v) is 8.12.